The predicted octanol–water partition coefficient (Wildman–Crippen LogP) is 14.4. The van der Waals surface area contributed by atoms with Crippen molar-refractivity contribution in [1.29, 1.82) is 0 Å². The number of amides is 8. The van der Waals surface area contributed by atoms with Crippen molar-refractivity contribution in [3.8, 4) is 28.0 Å². The van der Waals surface area contributed by atoms with Crippen LogP contribution in [0, 0.1) is 32.6 Å². The third-order valence-corrected chi connectivity index (χ3v) is 25.2. The topological polar surface area (TPSA) is 277 Å². The van der Waals surface area contributed by atoms with Crippen molar-refractivity contribution in [3.63, 3.8) is 0 Å². The summed E-state index contributed by atoms with van der Waals surface area (Å²) in [7, 11) is 0. The number of Topliss-reactive ketones (excluding diaryl/α,β-unsaturated/α-hetero) is 2. The molecule has 5 aromatic heterocycles. The zero-order valence-corrected chi connectivity index (χ0v) is 76.3. The first-order chi connectivity index (χ1) is 61.2. The van der Waals surface area contributed by atoms with Gasteiger partial charge in [0, 0.05) is 201 Å². The van der Waals surface area contributed by atoms with Gasteiger partial charge in [-0.25, -0.2) is 0 Å². The molecule has 0 bridgehead atoms. The average molecular weight is 1920 g/mol. The van der Waals surface area contributed by atoms with Crippen LogP contribution < -0.4 is 26.0 Å². The summed E-state index contributed by atoms with van der Waals surface area (Å²) in [6, 6.07) is 49.8. The Labute approximate surface area is 765 Å². The van der Waals surface area contributed by atoms with Crippen LogP contribution in [0.4, 0.5) is 0 Å². The minimum absolute atomic E-state index is 0.00312. The lowest BCUT2D eigenvalue weighted by Gasteiger charge is -2.38. The van der Waals surface area contributed by atoms with Gasteiger partial charge >= 0.3 is 0 Å². The highest BCUT2D eigenvalue weighted by Gasteiger charge is 2.36. The molecule has 5 aliphatic heterocycles. The minimum Gasteiger partial charge on any atom is -0.491 e. The number of halogens is 4. The molecule has 654 valence electrons. The molecule has 17 rings (SSSR count). The van der Waals surface area contributed by atoms with Crippen LogP contribution in [-0.2, 0) is 64.5 Å². The van der Waals surface area contributed by atoms with Gasteiger partial charge in [-0.2, -0.15) is 0 Å². The molecule has 5 saturated heterocycles. The molecule has 7 aromatic carbocycles. The van der Waals surface area contributed by atoms with Gasteiger partial charge in [-0.3, -0.25) is 52.9 Å². The molecule has 5 fully saturated rings. The molecule has 0 aliphatic carbocycles. The molecule has 0 unspecified atom stereocenters. The van der Waals surface area contributed by atoms with E-state index in [1.165, 1.54) is 24.3 Å². The SMILES string of the molecule is C=CC(=O)N1CC(CC(=O)Cn2cc(C(=O)N3CCNCC3)c3cc(Br)ccc32)C1.C=CC(=O)N1CC(CC(=O)Cn2cc(C(=O)NCCOc3c(C)cccc3C)c3cc(Br)ccc32)C1.C=CC(=O)N1CC(NC(=O)Cn2c(C)c(-c3ccccc3-c3ccccc3)c3cc(Cl)ccc32)C1.C=CC(=O)N1CC(NC(=O)Cn2c3ccc(Br)cc3c3ccncc32)C1. The van der Waals surface area contributed by atoms with Gasteiger partial charge in [0.15, 0.2) is 11.6 Å². The number of nitrogens with one attached hydrogen (secondary N) is 4. The monoisotopic (exact) mass is 1920 g/mol. The van der Waals surface area contributed by atoms with Gasteiger partial charge in [0.25, 0.3) is 11.8 Å². The third-order valence-electron chi connectivity index (χ3n) is 23.5. The number of carbonyl (C=O) groups is 10. The summed E-state index contributed by atoms with van der Waals surface area (Å²) in [6.07, 6.45) is 13.1. The van der Waals surface area contributed by atoms with Crippen LogP contribution in [0.25, 0.3) is 76.8 Å². The molecule has 0 atom stereocenters. The van der Waals surface area contributed by atoms with E-state index in [-0.39, 0.29) is 109 Å². The van der Waals surface area contributed by atoms with Crippen molar-refractivity contribution in [2.75, 3.05) is 91.7 Å². The molecule has 4 N–H and O–H groups in total. The fourth-order valence-electron chi connectivity index (χ4n) is 17.0. The molecule has 29 heteroatoms. The van der Waals surface area contributed by atoms with E-state index in [4.69, 9.17) is 16.3 Å². The number of pyridine rings is 1. The Morgan fingerprint density at radius 2 is 0.961 bits per heavy atom. The number of aromatic nitrogens is 5. The maximum Gasteiger partial charge on any atom is 0.256 e. The van der Waals surface area contributed by atoms with Crippen LogP contribution in [0.2, 0.25) is 5.02 Å². The number of hydrogen-bond acceptors (Lipinski definition) is 13. The van der Waals surface area contributed by atoms with Crippen molar-refractivity contribution >= 4 is 173 Å². The van der Waals surface area contributed by atoms with E-state index in [2.05, 4.69) is 131 Å². The third kappa shape index (κ3) is 21.2. The van der Waals surface area contributed by atoms with Crippen molar-refractivity contribution in [1.82, 2.24) is 69.0 Å². The van der Waals surface area contributed by atoms with Gasteiger partial charge in [0.2, 0.25) is 35.4 Å². The van der Waals surface area contributed by atoms with Crippen LogP contribution in [-0.4, -0.2) is 210 Å². The maximum absolute atomic E-state index is 13.1. The van der Waals surface area contributed by atoms with E-state index in [1.54, 1.807) is 38.2 Å². The summed E-state index contributed by atoms with van der Waals surface area (Å²) in [5, 5.41) is 17.7. The molecule has 0 radical (unpaired) electrons. The first-order valence-corrected chi connectivity index (χ1v) is 44.8. The lowest BCUT2D eigenvalue weighted by atomic mass is 9.93. The molecule has 25 nitrogen and oxygen atoms in total. The lowest BCUT2D eigenvalue weighted by Crippen LogP contribution is -2.61. The number of piperazine rings is 1. The number of para-hydroxylation sites is 1. The van der Waals surface area contributed by atoms with Crippen molar-refractivity contribution < 1.29 is 52.7 Å². The smallest absolute Gasteiger partial charge is 0.256 e. The predicted molar refractivity (Wildman–Crippen MR) is 506 cm³/mol. The first kappa shape index (κ1) is 90.9. The molecular formula is C98H98Br3ClN14O11. The molecule has 5 aliphatic rings. The summed E-state index contributed by atoms with van der Waals surface area (Å²) in [6.45, 7) is 28.9. The van der Waals surface area contributed by atoms with Gasteiger partial charge in [0.05, 0.1) is 54.6 Å². The summed E-state index contributed by atoms with van der Waals surface area (Å²) < 4.78 is 16.4. The zero-order chi connectivity index (χ0) is 89.9. The maximum atomic E-state index is 13.1. The first-order valence-electron chi connectivity index (χ1n) is 42.0. The highest BCUT2D eigenvalue weighted by molar-refractivity contribution is 9.11. The van der Waals surface area contributed by atoms with E-state index in [0.717, 1.165) is 126 Å². The number of likely N-dealkylation sites (tertiary alicyclic amines) is 4. The average Bonchev–Trinajstić information content (AvgIpc) is 1.72. The number of ketones is 2. The number of ether oxygens (including phenoxy) is 1. The molecule has 12 aromatic rings. The van der Waals surface area contributed by atoms with E-state index in [9.17, 15) is 47.9 Å². The number of aryl methyl sites for hydroxylation is 2. The van der Waals surface area contributed by atoms with Gasteiger partial charge in [0.1, 0.15) is 25.4 Å². The summed E-state index contributed by atoms with van der Waals surface area (Å²) in [4.78, 5) is 136. The Balaban J connectivity index is 0.000000138. The standard InChI is InChI=1S/C29H26ClN3O2.C28H30BrN3O4.C22H25BrN4O3.C19H17BrN4O2/c1-3-28(35)32-16-22(17-32)31-27(34)18-33-19(2)29(25-15-21(30)13-14-26(25)33)24-12-8-7-11-23(24)20-9-5-4-6-10-20;1-4-26(34)32-14-20(15-32)12-22(33)16-31-17-24(23-13-21(29)8-9-25(23)31)28(35)30-10-11-36-27-18(2)6-5-7-19(27)3;1-2-21(29)27-11-15(12-27)9-17(28)13-26-14-19(18-10-16(23)3-4-20(18)26)22(30)25-7-5-24-6-8-25;1-2-19(26)23-9-13(10-23)22-18(25)11-24-16-4-3-12(20)7-15(16)14-5-6-21-8-17(14)24/h3-15,22H,1,16-18H2,2H3,(H,31,34);4-9,13,17,20H,1,10-12,14-16H2,2-3H3,(H,30,35);2-4,10,14-15,24H,1,5-9,11-13H2;2-8,13H,1,9-11H2,(H,22,25). The number of carbonyl (C=O) groups excluding carboxylic acids is 10. The fourth-order valence-corrected chi connectivity index (χ4v) is 18.3. The summed E-state index contributed by atoms with van der Waals surface area (Å²) in [5.74, 6) is 0.598. The van der Waals surface area contributed by atoms with Crippen LogP contribution in [0.5, 0.6) is 5.75 Å². The van der Waals surface area contributed by atoms with Crippen molar-refractivity contribution in [3.05, 3.63) is 273 Å². The number of fused-ring (bicyclic) bond motifs is 6. The number of benzene rings is 7. The molecule has 127 heavy (non-hydrogen) atoms. The summed E-state index contributed by atoms with van der Waals surface area (Å²) in [5.41, 5.74) is 13.2. The van der Waals surface area contributed by atoms with Crippen molar-refractivity contribution in [2.24, 2.45) is 11.8 Å². The van der Waals surface area contributed by atoms with E-state index in [1.807, 2.05) is 171 Å². The van der Waals surface area contributed by atoms with Crippen LogP contribution in [0.1, 0.15) is 50.4 Å². The second kappa shape index (κ2) is 41.0. The zero-order valence-electron chi connectivity index (χ0n) is 70.8. The fraction of sp³-hybridized carbons (Fsp3) is 0.276. The van der Waals surface area contributed by atoms with E-state index in [0.29, 0.717) is 108 Å². The number of rotatable bonds is 26. The largest absolute Gasteiger partial charge is 0.491 e. The number of hydrogen-bond donors (Lipinski definition) is 4. The molecule has 10 heterocycles. The van der Waals surface area contributed by atoms with Crippen LogP contribution >= 0.6 is 59.4 Å². The van der Waals surface area contributed by atoms with Crippen LogP contribution in [0.3, 0.4) is 0 Å². The Hall–Kier alpha value is -12.3. The minimum atomic E-state index is -0.216. The Bertz CT molecular complexity index is 6280. The molecule has 8 amide bonds. The highest BCUT2D eigenvalue weighted by Crippen LogP contribution is 2.42. The molecule has 0 saturated carbocycles. The second-order valence-corrected chi connectivity index (χ2v) is 35.5. The summed E-state index contributed by atoms with van der Waals surface area (Å²) >= 11 is 16.9. The highest BCUT2D eigenvalue weighted by atomic mass is 79.9. The normalized spacial score (nSPS) is 14.5. The van der Waals surface area contributed by atoms with E-state index < -0.39 is 0 Å². The van der Waals surface area contributed by atoms with Gasteiger partial charge in [-0.1, -0.05) is 159 Å². The van der Waals surface area contributed by atoms with Crippen molar-refractivity contribution in [2.45, 2.75) is 71.9 Å². The second-order valence-electron chi connectivity index (χ2n) is 32.3. The van der Waals surface area contributed by atoms with Gasteiger partial charge in [-0.15, -0.1) is 0 Å². The van der Waals surface area contributed by atoms with Gasteiger partial charge in [-0.05, 0) is 152 Å². The number of nitrogens with zero attached hydrogens (tertiary/aromatic N) is 10. The molecule has 0 spiro atoms. The lowest BCUT2D eigenvalue weighted by molar-refractivity contribution is -0.134. The Kier molecular flexibility index (Phi) is 29.3. The Morgan fingerprint density at radius 1 is 0.488 bits per heavy atom. The molecular weight excluding hydrogens is 1820 g/mol. The quantitative estimate of drug-likeness (QED) is 0.0290. The Morgan fingerprint density at radius 3 is 1.50 bits per heavy atom. The van der Waals surface area contributed by atoms with E-state index >= 15 is 0 Å². The van der Waals surface area contributed by atoms with Gasteiger partial charge < -0.3 is 68.8 Å². The van der Waals surface area contributed by atoms with Crippen LogP contribution in [0.15, 0.2) is 240 Å².